The summed E-state index contributed by atoms with van der Waals surface area (Å²) >= 11 is 1.82. The Morgan fingerprint density at radius 2 is 2.48 bits per heavy atom. The Hall–Kier alpha value is -1.07. The van der Waals surface area contributed by atoms with Crippen LogP contribution in [0.4, 0.5) is 0 Å². The van der Waals surface area contributed by atoms with Crippen molar-refractivity contribution in [3.8, 4) is 0 Å². The van der Waals surface area contributed by atoms with E-state index in [0.717, 1.165) is 43.0 Å². The minimum atomic E-state index is 0.154. The van der Waals surface area contributed by atoms with E-state index in [1.54, 1.807) is 6.20 Å². The molecule has 0 aliphatic carbocycles. The summed E-state index contributed by atoms with van der Waals surface area (Å²) in [5, 5.41) is 0. The van der Waals surface area contributed by atoms with Crippen molar-refractivity contribution < 1.29 is 9.53 Å². The van der Waals surface area contributed by atoms with Crippen molar-refractivity contribution in [2.24, 2.45) is 0 Å². The summed E-state index contributed by atoms with van der Waals surface area (Å²) in [7, 11) is 0. The molecule has 0 N–H and O–H groups in total. The average Bonchev–Trinajstić information content (AvgIpc) is 2.54. The number of pyridine rings is 1. The molecule has 0 bridgehead atoms. The minimum Gasteiger partial charge on any atom is -0.372 e. The first-order valence-corrected chi connectivity index (χ1v) is 8.81. The van der Waals surface area contributed by atoms with Crippen LogP contribution in [-0.4, -0.2) is 46.5 Å². The Kier molecular flexibility index (Phi) is 7.03. The molecule has 1 saturated heterocycles. The summed E-state index contributed by atoms with van der Waals surface area (Å²) in [4.78, 5) is 18.2. The van der Waals surface area contributed by atoms with Crippen molar-refractivity contribution in [1.29, 1.82) is 0 Å². The predicted molar refractivity (Wildman–Crippen MR) is 86.2 cm³/mol. The Bertz CT molecular complexity index is 428. The maximum absolute atomic E-state index is 12.1. The van der Waals surface area contributed by atoms with Gasteiger partial charge in [-0.3, -0.25) is 9.78 Å². The van der Waals surface area contributed by atoms with Gasteiger partial charge in [-0.1, -0.05) is 13.0 Å². The molecule has 2 heterocycles. The fourth-order valence-electron chi connectivity index (χ4n) is 2.46. The topological polar surface area (TPSA) is 42.4 Å². The molecule has 21 heavy (non-hydrogen) atoms. The number of thioether (sulfide) groups is 1. The normalized spacial score (nSPS) is 18.7. The summed E-state index contributed by atoms with van der Waals surface area (Å²) < 4.78 is 5.94. The van der Waals surface area contributed by atoms with Gasteiger partial charge in [-0.2, -0.15) is 11.8 Å². The van der Waals surface area contributed by atoms with E-state index in [9.17, 15) is 4.79 Å². The van der Waals surface area contributed by atoms with E-state index in [4.69, 9.17) is 4.74 Å². The molecule has 0 spiro atoms. The molecule has 1 aromatic rings. The minimum absolute atomic E-state index is 0.154. The molecule has 0 saturated carbocycles. The Morgan fingerprint density at radius 3 is 3.24 bits per heavy atom. The highest BCUT2D eigenvalue weighted by Gasteiger charge is 2.23. The second kappa shape index (κ2) is 9.05. The van der Waals surface area contributed by atoms with Crippen molar-refractivity contribution in [1.82, 2.24) is 9.88 Å². The fourth-order valence-corrected chi connectivity index (χ4v) is 3.07. The third-order valence-electron chi connectivity index (χ3n) is 3.60. The largest absolute Gasteiger partial charge is 0.372 e. The van der Waals surface area contributed by atoms with Crippen LogP contribution in [0.5, 0.6) is 0 Å². The molecule has 1 aromatic heterocycles. The van der Waals surface area contributed by atoms with Crippen LogP contribution in [-0.2, 0) is 16.1 Å². The number of aromatic nitrogens is 1. The van der Waals surface area contributed by atoms with Crippen LogP contribution in [0.15, 0.2) is 24.5 Å². The number of carbonyl (C=O) groups excluding carboxylic acids is 1. The molecule has 1 aliphatic heterocycles. The van der Waals surface area contributed by atoms with E-state index in [-0.39, 0.29) is 12.0 Å². The number of nitrogens with zero attached hydrogens (tertiary/aromatic N) is 2. The number of hydrogen-bond donors (Lipinski definition) is 0. The van der Waals surface area contributed by atoms with Crippen LogP contribution in [0.2, 0.25) is 0 Å². The van der Waals surface area contributed by atoms with Gasteiger partial charge < -0.3 is 9.64 Å². The SMILES string of the molecule is CCSCCC(=O)N1CCC[C@H](OCc2cccnc2)C1. The number of hydrogen-bond acceptors (Lipinski definition) is 4. The summed E-state index contributed by atoms with van der Waals surface area (Å²) in [6.45, 7) is 4.31. The van der Waals surface area contributed by atoms with Gasteiger partial charge in [0.1, 0.15) is 0 Å². The zero-order valence-corrected chi connectivity index (χ0v) is 13.5. The van der Waals surface area contributed by atoms with Crippen LogP contribution in [0.3, 0.4) is 0 Å². The smallest absolute Gasteiger partial charge is 0.223 e. The molecule has 2 rings (SSSR count). The quantitative estimate of drug-likeness (QED) is 0.726. The molecule has 1 aliphatic rings. The molecule has 1 atom stereocenters. The van der Waals surface area contributed by atoms with Crippen molar-refractivity contribution in [3.05, 3.63) is 30.1 Å². The molecule has 0 unspecified atom stereocenters. The summed E-state index contributed by atoms with van der Waals surface area (Å²) in [5.74, 6) is 2.27. The predicted octanol–water partition coefficient (Wildman–Crippen LogP) is 2.73. The van der Waals surface area contributed by atoms with Crippen LogP contribution in [0.1, 0.15) is 31.7 Å². The molecular formula is C16H24N2O2S. The van der Waals surface area contributed by atoms with Crippen LogP contribution >= 0.6 is 11.8 Å². The summed E-state index contributed by atoms with van der Waals surface area (Å²) in [6.07, 6.45) is 6.46. The number of rotatable bonds is 7. The maximum Gasteiger partial charge on any atom is 0.223 e. The number of amides is 1. The molecule has 1 fully saturated rings. The Balaban J connectivity index is 1.74. The fraction of sp³-hybridized carbons (Fsp3) is 0.625. The van der Waals surface area contributed by atoms with Gasteiger partial charge in [0.05, 0.1) is 12.7 Å². The van der Waals surface area contributed by atoms with Crippen molar-refractivity contribution in [2.75, 3.05) is 24.6 Å². The number of likely N-dealkylation sites (tertiary alicyclic amines) is 1. The van der Waals surface area contributed by atoms with Gasteiger partial charge in [-0.05, 0) is 30.2 Å². The lowest BCUT2D eigenvalue weighted by molar-refractivity contribution is -0.135. The Morgan fingerprint density at radius 1 is 1.57 bits per heavy atom. The van der Waals surface area contributed by atoms with Gasteiger partial charge in [-0.15, -0.1) is 0 Å². The first-order chi connectivity index (χ1) is 10.3. The standard InChI is InChI=1S/C16H24N2O2S/c1-2-21-10-7-16(19)18-9-4-6-15(12-18)20-13-14-5-3-8-17-11-14/h3,5,8,11,15H,2,4,6-7,9-10,12-13H2,1H3/t15-/m0/s1. The van der Waals surface area contributed by atoms with E-state index in [1.807, 2.05) is 35.0 Å². The second-order valence-corrected chi connectivity index (χ2v) is 6.62. The van der Waals surface area contributed by atoms with Gasteiger partial charge >= 0.3 is 0 Å². The second-order valence-electron chi connectivity index (χ2n) is 5.22. The molecular weight excluding hydrogens is 284 g/mol. The van der Waals surface area contributed by atoms with Crippen LogP contribution in [0.25, 0.3) is 0 Å². The average molecular weight is 308 g/mol. The van der Waals surface area contributed by atoms with Crippen molar-refractivity contribution >= 4 is 17.7 Å². The highest BCUT2D eigenvalue weighted by molar-refractivity contribution is 7.99. The Labute approximate surface area is 131 Å². The molecule has 0 aromatic carbocycles. The summed E-state index contributed by atoms with van der Waals surface area (Å²) in [5.41, 5.74) is 1.08. The lowest BCUT2D eigenvalue weighted by Gasteiger charge is -2.32. The molecule has 4 nitrogen and oxygen atoms in total. The third kappa shape index (κ3) is 5.67. The van der Waals surface area contributed by atoms with Crippen molar-refractivity contribution in [2.45, 2.75) is 38.9 Å². The first-order valence-electron chi connectivity index (χ1n) is 7.65. The molecule has 1 amide bonds. The summed E-state index contributed by atoms with van der Waals surface area (Å²) in [6, 6.07) is 3.93. The monoisotopic (exact) mass is 308 g/mol. The highest BCUT2D eigenvalue weighted by atomic mass is 32.2. The van der Waals surface area contributed by atoms with Gasteiger partial charge in [0.25, 0.3) is 0 Å². The number of ether oxygens (including phenoxy) is 1. The van der Waals surface area contributed by atoms with E-state index in [0.29, 0.717) is 13.0 Å². The molecule has 5 heteroatoms. The number of carbonyl (C=O) groups is 1. The first kappa shape index (κ1) is 16.3. The zero-order chi connectivity index (χ0) is 14.9. The molecule has 0 radical (unpaired) electrons. The zero-order valence-electron chi connectivity index (χ0n) is 12.7. The molecule has 116 valence electrons. The lowest BCUT2D eigenvalue weighted by atomic mass is 10.1. The van der Waals surface area contributed by atoms with Gasteiger partial charge in [-0.25, -0.2) is 0 Å². The van der Waals surface area contributed by atoms with Crippen molar-refractivity contribution in [3.63, 3.8) is 0 Å². The van der Waals surface area contributed by atoms with Gasteiger partial charge in [0.2, 0.25) is 5.91 Å². The maximum atomic E-state index is 12.1. The van der Waals surface area contributed by atoms with Crippen LogP contribution in [0, 0.1) is 0 Å². The van der Waals surface area contributed by atoms with Gasteiger partial charge in [0.15, 0.2) is 0 Å². The van der Waals surface area contributed by atoms with E-state index < -0.39 is 0 Å². The number of piperidine rings is 1. The van der Waals surface area contributed by atoms with E-state index >= 15 is 0 Å². The van der Waals surface area contributed by atoms with Crippen LogP contribution < -0.4 is 0 Å². The third-order valence-corrected chi connectivity index (χ3v) is 4.50. The van der Waals surface area contributed by atoms with E-state index in [1.165, 1.54) is 0 Å². The van der Waals surface area contributed by atoms with E-state index in [2.05, 4.69) is 11.9 Å². The highest BCUT2D eigenvalue weighted by Crippen LogP contribution is 2.16. The lowest BCUT2D eigenvalue weighted by Crippen LogP contribution is -2.43. The van der Waals surface area contributed by atoms with Gasteiger partial charge in [0, 0.05) is 37.7 Å².